The van der Waals surface area contributed by atoms with Crippen LogP contribution in [0.15, 0.2) is 29.1 Å². The number of aromatic nitrogens is 2. The van der Waals surface area contributed by atoms with Gasteiger partial charge in [0.05, 0.1) is 17.0 Å². The van der Waals surface area contributed by atoms with Gasteiger partial charge >= 0.3 is 0 Å². The lowest BCUT2D eigenvalue weighted by atomic mass is 10.1. The zero-order valence-electron chi connectivity index (χ0n) is 16.7. The van der Waals surface area contributed by atoms with Crippen LogP contribution in [0, 0.1) is 19.7 Å². The summed E-state index contributed by atoms with van der Waals surface area (Å²) in [6.07, 6.45) is 0. The Morgan fingerprint density at radius 3 is 2.59 bits per heavy atom. The van der Waals surface area contributed by atoms with Crippen LogP contribution in [-0.2, 0) is 0 Å². The standard InChI is InChI=1S/C21H23FN4O2S/c1-12-14(3)29-20-17(12)19(27)23-18(24-20)13(2)25-8-10-26(11-9-25)21(28)15-6-4-5-7-16(15)22/h4-7,13H,8-11H2,1-3H3,(H,23,24,27). The number of hydrogen-bond donors (Lipinski definition) is 1. The summed E-state index contributed by atoms with van der Waals surface area (Å²) in [5.41, 5.74) is 0.985. The van der Waals surface area contributed by atoms with Crippen LogP contribution in [-0.4, -0.2) is 51.9 Å². The molecule has 2 aromatic heterocycles. The Morgan fingerprint density at radius 1 is 1.21 bits per heavy atom. The third-order valence-electron chi connectivity index (χ3n) is 5.71. The quantitative estimate of drug-likeness (QED) is 0.714. The maximum atomic E-state index is 13.9. The Balaban J connectivity index is 1.49. The number of nitrogens with one attached hydrogen (secondary N) is 1. The summed E-state index contributed by atoms with van der Waals surface area (Å²) in [5.74, 6) is -0.143. The van der Waals surface area contributed by atoms with Gasteiger partial charge < -0.3 is 9.88 Å². The Kier molecular flexibility index (Phi) is 5.23. The lowest BCUT2D eigenvalue weighted by molar-refractivity contribution is 0.0571. The highest BCUT2D eigenvalue weighted by molar-refractivity contribution is 7.18. The van der Waals surface area contributed by atoms with Crippen molar-refractivity contribution in [3.8, 4) is 0 Å². The van der Waals surface area contributed by atoms with Gasteiger partial charge in [-0.1, -0.05) is 12.1 Å². The molecule has 0 radical (unpaired) electrons. The van der Waals surface area contributed by atoms with Crippen LogP contribution < -0.4 is 5.56 Å². The maximum Gasteiger partial charge on any atom is 0.259 e. The molecule has 1 aromatic carbocycles. The second kappa shape index (κ2) is 7.68. The van der Waals surface area contributed by atoms with Crippen molar-refractivity contribution in [2.24, 2.45) is 0 Å². The van der Waals surface area contributed by atoms with E-state index >= 15 is 0 Å². The zero-order chi connectivity index (χ0) is 20.7. The number of rotatable bonds is 3. The van der Waals surface area contributed by atoms with E-state index in [0.717, 1.165) is 15.3 Å². The fraction of sp³-hybridized carbons (Fsp3) is 0.381. The van der Waals surface area contributed by atoms with E-state index in [1.54, 1.807) is 17.0 Å². The second-order valence-corrected chi connectivity index (χ2v) is 8.60. The highest BCUT2D eigenvalue weighted by Gasteiger charge is 2.28. The molecule has 1 aliphatic rings. The smallest absolute Gasteiger partial charge is 0.259 e. The minimum absolute atomic E-state index is 0.0828. The summed E-state index contributed by atoms with van der Waals surface area (Å²) in [5, 5.41) is 0.670. The highest BCUT2D eigenvalue weighted by Crippen LogP contribution is 2.27. The molecule has 3 aromatic rings. The summed E-state index contributed by atoms with van der Waals surface area (Å²) >= 11 is 1.54. The van der Waals surface area contributed by atoms with Gasteiger partial charge in [-0.25, -0.2) is 9.37 Å². The monoisotopic (exact) mass is 414 g/mol. The molecule has 29 heavy (non-hydrogen) atoms. The van der Waals surface area contributed by atoms with Crippen LogP contribution in [0.3, 0.4) is 0 Å². The number of piperazine rings is 1. The van der Waals surface area contributed by atoms with Crippen molar-refractivity contribution >= 4 is 27.5 Å². The average molecular weight is 415 g/mol. The van der Waals surface area contributed by atoms with Gasteiger partial charge in [-0.05, 0) is 38.5 Å². The molecule has 8 heteroatoms. The molecule has 1 aliphatic heterocycles. The van der Waals surface area contributed by atoms with Gasteiger partial charge in [0.15, 0.2) is 0 Å². The molecule has 1 atom stereocenters. The Labute approximate surface area is 172 Å². The minimum Gasteiger partial charge on any atom is -0.336 e. The minimum atomic E-state index is -0.495. The van der Waals surface area contributed by atoms with Crippen LogP contribution >= 0.6 is 11.3 Å². The van der Waals surface area contributed by atoms with Gasteiger partial charge in [0.25, 0.3) is 11.5 Å². The number of fused-ring (bicyclic) bond motifs is 1. The largest absolute Gasteiger partial charge is 0.336 e. The fourth-order valence-corrected chi connectivity index (χ4v) is 4.80. The first-order chi connectivity index (χ1) is 13.9. The molecule has 1 N–H and O–H groups in total. The number of amides is 1. The van der Waals surface area contributed by atoms with E-state index in [1.807, 2.05) is 20.8 Å². The van der Waals surface area contributed by atoms with Crippen molar-refractivity contribution < 1.29 is 9.18 Å². The molecule has 1 unspecified atom stereocenters. The maximum absolute atomic E-state index is 13.9. The summed E-state index contributed by atoms with van der Waals surface area (Å²) in [4.78, 5) is 38.5. The van der Waals surface area contributed by atoms with E-state index in [-0.39, 0.29) is 23.1 Å². The fourth-order valence-electron chi connectivity index (χ4n) is 3.76. The molecule has 6 nitrogen and oxygen atoms in total. The number of thiophene rings is 1. The molecule has 1 saturated heterocycles. The number of benzene rings is 1. The summed E-state index contributed by atoms with van der Waals surface area (Å²) < 4.78 is 13.9. The van der Waals surface area contributed by atoms with E-state index < -0.39 is 5.82 Å². The number of halogens is 1. The molecule has 1 amide bonds. The number of aryl methyl sites for hydroxylation is 2. The first kappa shape index (κ1) is 19.7. The topological polar surface area (TPSA) is 69.3 Å². The van der Waals surface area contributed by atoms with Crippen molar-refractivity contribution in [2.75, 3.05) is 26.2 Å². The van der Waals surface area contributed by atoms with Crippen LogP contribution in [0.5, 0.6) is 0 Å². The second-order valence-electron chi connectivity index (χ2n) is 7.40. The molecule has 4 rings (SSSR count). The lowest BCUT2D eigenvalue weighted by Gasteiger charge is -2.37. The Morgan fingerprint density at radius 2 is 1.90 bits per heavy atom. The first-order valence-corrected chi connectivity index (χ1v) is 10.5. The summed E-state index contributed by atoms with van der Waals surface area (Å²) in [6, 6.07) is 5.98. The van der Waals surface area contributed by atoms with E-state index in [9.17, 15) is 14.0 Å². The predicted molar refractivity (Wildman–Crippen MR) is 112 cm³/mol. The van der Waals surface area contributed by atoms with Crippen molar-refractivity contribution in [1.82, 2.24) is 19.8 Å². The molecular weight excluding hydrogens is 391 g/mol. The van der Waals surface area contributed by atoms with E-state index in [1.165, 1.54) is 23.5 Å². The summed E-state index contributed by atoms with van der Waals surface area (Å²) in [6.45, 7) is 8.21. The van der Waals surface area contributed by atoms with Gasteiger partial charge in [0, 0.05) is 31.1 Å². The molecule has 0 bridgehead atoms. The molecule has 3 heterocycles. The number of nitrogens with zero attached hydrogens (tertiary/aromatic N) is 3. The average Bonchev–Trinajstić information content (AvgIpc) is 3.01. The number of carbonyl (C=O) groups is 1. The number of carbonyl (C=O) groups excluding carboxylic acids is 1. The van der Waals surface area contributed by atoms with Gasteiger partial charge in [-0.2, -0.15) is 0 Å². The Hall–Kier alpha value is -2.58. The van der Waals surface area contributed by atoms with Crippen LogP contribution in [0.25, 0.3) is 10.2 Å². The molecule has 0 saturated carbocycles. The van der Waals surface area contributed by atoms with E-state index in [2.05, 4.69) is 9.88 Å². The van der Waals surface area contributed by atoms with Crippen molar-refractivity contribution in [1.29, 1.82) is 0 Å². The van der Waals surface area contributed by atoms with E-state index in [0.29, 0.717) is 37.4 Å². The normalized spacial score (nSPS) is 16.3. The number of hydrogen-bond acceptors (Lipinski definition) is 5. The predicted octanol–water partition coefficient (Wildman–Crippen LogP) is 3.26. The molecular formula is C21H23FN4O2S. The van der Waals surface area contributed by atoms with Gasteiger partial charge in [0.1, 0.15) is 16.5 Å². The van der Waals surface area contributed by atoms with Gasteiger partial charge in [0.2, 0.25) is 0 Å². The third-order valence-corrected chi connectivity index (χ3v) is 6.81. The van der Waals surface area contributed by atoms with Crippen molar-refractivity contribution in [3.05, 3.63) is 62.3 Å². The van der Waals surface area contributed by atoms with E-state index in [4.69, 9.17) is 4.98 Å². The van der Waals surface area contributed by atoms with Crippen LogP contribution in [0.1, 0.15) is 39.6 Å². The lowest BCUT2D eigenvalue weighted by Crippen LogP contribution is -2.49. The zero-order valence-corrected chi connectivity index (χ0v) is 17.5. The molecule has 1 fully saturated rings. The van der Waals surface area contributed by atoms with Gasteiger partial charge in [-0.15, -0.1) is 11.3 Å². The van der Waals surface area contributed by atoms with Crippen molar-refractivity contribution in [2.45, 2.75) is 26.8 Å². The molecule has 0 aliphatic carbocycles. The van der Waals surface area contributed by atoms with Gasteiger partial charge in [-0.3, -0.25) is 14.5 Å². The SMILES string of the molecule is Cc1sc2nc(C(C)N3CCN(C(=O)c4ccccc4F)CC3)[nH]c(=O)c2c1C. The highest BCUT2D eigenvalue weighted by atomic mass is 32.1. The summed E-state index contributed by atoms with van der Waals surface area (Å²) in [7, 11) is 0. The first-order valence-electron chi connectivity index (χ1n) is 9.64. The van der Waals surface area contributed by atoms with Crippen LogP contribution in [0.4, 0.5) is 4.39 Å². The number of H-pyrrole nitrogens is 1. The number of aromatic amines is 1. The Bertz CT molecular complexity index is 1130. The van der Waals surface area contributed by atoms with Crippen LogP contribution in [0.2, 0.25) is 0 Å². The van der Waals surface area contributed by atoms with Crippen molar-refractivity contribution in [3.63, 3.8) is 0 Å². The molecule has 0 spiro atoms. The third kappa shape index (κ3) is 3.58. The molecule has 152 valence electrons.